The van der Waals surface area contributed by atoms with Crippen LogP contribution in [0, 0.1) is 0 Å². The Labute approximate surface area is 183 Å². The maximum Gasteiger partial charge on any atom is 0.325 e. The lowest BCUT2D eigenvalue weighted by Crippen LogP contribution is -2.41. The maximum absolute atomic E-state index is 13.4. The standard InChI is InChI=1S/C24H18ClN3O3/c1-24(20-8-4-6-15-5-2-3-7-19(15)20)22(29)28(23(30)26-24)14-18-13-21(27-31-18)16-9-11-17(25)12-10-16/h2-13H,14H2,1H3,(H,26,30). The number of fused-ring (bicyclic) bond motifs is 1. The van der Waals surface area contributed by atoms with Gasteiger partial charge in [0.15, 0.2) is 5.76 Å². The molecule has 0 aliphatic carbocycles. The number of hydrogen-bond donors (Lipinski definition) is 1. The van der Waals surface area contributed by atoms with E-state index in [4.69, 9.17) is 16.1 Å². The largest absolute Gasteiger partial charge is 0.359 e. The van der Waals surface area contributed by atoms with Crippen molar-refractivity contribution in [2.75, 3.05) is 0 Å². The molecule has 0 bridgehead atoms. The van der Waals surface area contributed by atoms with Crippen LogP contribution in [0.3, 0.4) is 0 Å². The van der Waals surface area contributed by atoms with Gasteiger partial charge in [-0.2, -0.15) is 0 Å². The summed E-state index contributed by atoms with van der Waals surface area (Å²) in [5.41, 5.74) is 1.02. The van der Waals surface area contributed by atoms with E-state index in [1.807, 2.05) is 54.6 Å². The van der Waals surface area contributed by atoms with Crippen LogP contribution in [0.15, 0.2) is 77.3 Å². The second kappa shape index (κ2) is 7.25. The fraction of sp³-hybridized carbons (Fsp3) is 0.125. The minimum atomic E-state index is -1.17. The molecule has 6 nitrogen and oxygen atoms in total. The topological polar surface area (TPSA) is 75.4 Å². The molecule has 3 aromatic carbocycles. The lowest BCUT2D eigenvalue weighted by Gasteiger charge is -2.23. The van der Waals surface area contributed by atoms with Gasteiger partial charge >= 0.3 is 6.03 Å². The van der Waals surface area contributed by atoms with Crippen molar-refractivity contribution in [1.82, 2.24) is 15.4 Å². The predicted molar refractivity (Wildman–Crippen MR) is 117 cm³/mol. The highest BCUT2D eigenvalue weighted by molar-refractivity contribution is 6.30. The number of hydrogen-bond acceptors (Lipinski definition) is 4. The third-order valence-electron chi connectivity index (χ3n) is 5.62. The van der Waals surface area contributed by atoms with E-state index in [2.05, 4.69) is 10.5 Å². The summed E-state index contributed by atoms with van der Waals surface area (Å²) in [5, 5.41) is 9.47. The van der Waals surface area contributed by atoms with Crippen LogP contribution in [-0.4, -0.2) is 22.0 Å². The van der Waals surface area contributed by atoms with E-state index in [-0.39, 0.29) is 12.5 Å². The smallest absolute Gasteiger partial charge is 0.325 e. The molecule has 31 heavy (non-hydrogen) atoms. The summed E-state index contributed by atoms with van der Waals surface area (Å²) >= 11 is 5.93. The molecule has 154 valence electrons. The van der Waals surface area contributed by atoms with Crippen molar-refractivity contribution < 1.29 is 14.1 Å². The van der Waals surface area contributed by atoms with Crippen LogP contribution in [0.25, 0.3) is 22.0 Å². The van der Waals surface area contributed by atoms with Crippen molar-refractivity contribution in [3.8, 4) is 11.3 Å². The number of carbonyl (C=O) groups is 2. The van der Waals surface area contributed by atoms with Gasteiger partial charge in [-0.1, -0.05) is 71.4 Å². The van der Waals surface area contributed by atoms with Gasteiger partial charge in [0.1, 0.15) is 11.2 Å². The molecule has 1 N–H and O–H groups in total. The normalized spacial score (nSPS) is 18.6. The number of rotatable bonds is 4. The summed E-state index contributed by atoms with van der Waals surface area (Å²) in [6.07, 6.45) is 0. The van der Waals surface area contributed by atoms with E-state index >= 15 is 0 Å². The quantitative estimate of drug-likeness (QED) is 0.455. The first-order valence-corrected chi connectivity index (χ1v) is 10.2. The van der Waals surface area contributed by atoms with E-state index < -0.39 is 11.6 Å². The maximum atomic E-state index is 13.4. The Bertz CT molecular complexity index is 1310. The van der Waals surface area contributed by atoms with Crippen molar-refractivity contribution in [2.45, 2.75) is 19.0 Å². The number of amides is 3. The van der Waals surface area contributed by atoms with Crippen molar-refractivity contribution in [1.29, 1.82) is 0 Å². The van der Waals surface area contributed by atoms with Gasteiger partial charge in [-0.25, -0.2) is 4.79 Å². The highest BCUT2D eigenvalue weighted by atomic mass is 35.5. The third-order valence-corrected chi connectivity index (χ3v) is 5.87. The minimum Gasteiger partial charge on any atom is -0.359 e. The monoisotopic (exact) mass is 431 g/mol. The fourth-order valence-corrected chi connectivity index (χ4v) is 4.11. The molecule has 1 fully saturated rings. The molecule has 1 unspecified atom stereocenters. The summed E-state index contributed by atoms with van der Waals surface area (Å²) < 4.78 is 5.40. The summed E-state index contributed by atoms with van der Waals surface area (Å²) in [7, 11) is 0. The molecule has 7 heteroatoms. The summed E-state index contributed by atoms with van der Waals surface area (Å²) in [6, 6.07) is 22.0. The first-order chi connectivity index (χ1) is 15.0. The molecule has 1 aliphatic rings. The molecule has 0 radical (unpaired) electrons. The molecule has 2 heterocycles. The molecule has 4 aromatic rings. The molecule has 0 saturated carbocycles. The highest BCUT2D eigenvalue weighted by Gasteiger charge is 2.49. The second-order valence-corrected chi connectivity index (χ2v) is 8.09. The van der Waals surface area contributed by atoms with E-state index in [0.717, 1.165) is 26.8 Å². The van der Waals surface area contributed by atoms with Gasteiger partial charge in [0, 0.05) is 16.7 Å². The van der Waals surface area contributed by atoms with Gasteiger partial charge in [0.2, 0.25) is 0 Å². The Kier molecular flexibility index (Phi) is 4.52. The average Bonchev–Trinajstić information content (AvgIpc) is 3.33. The van der Waals surface area contributed by atoms with Gasteiger partial charge in [0.05, 0.1) is 6.54 Å². The van der Waals surface area contributed by atoms with Gasteiger partial charge in [-0.3, -0.25) is 9.69 Å². The highest BCUT2D eigenvalue weighted by Crippen LogP contribution is 2.34. The van der Waals surface area contributed by atoms with Crippen molar-refractivity contribution in [3.05, 3.63) is 89.1 Å². The van der Waals surface area contributed by atoms with Crippen molar-refractivity contribution >= 4 is 34.3 Å². The number of carbonyl (C=O) groups excluding carboxylic acids is 2. The number of halogens is 1. The van der Waals surface area contributed by atoms with Crippen LogP contribution in [0.2, 0.25) is 5.02 Å². The first kappa shape index (κ1) is 19.3. The lowest BCUT2D eigenvalue weighted by atomic mass is 9.88. The number of benzene rings is 3. The Balaban J connectivity index is 1.44. The van der Waals surface area contributed by atoms with Crippen LogP contribution in [0.1, 0.15) is 18.2 Å². The summed E-state index contributed by atoms with van der Waals surface area (Å²) in [5.74, 6) is 0.0777. The molecular weight excluding hydrogens is 414 g/mol. The van der Waals surface area contributed by atoms with Crippen LogP contribution < -0.4 is 5.32 Å². The Morgan fingerprint density at radius 3 is 2.58 bits per heavy atom. The molecule has 5 rings (SSSR count). The molecule has 1 saturated heterocycles. The zero-order chi connectivity index (χ0) is 21.6. The second-order valence-electron chi connectivity index (χ2n) is 7.66. The average molecular weight is 432 g/mol. The predicted octanol–water partition coefficient (Wildman–Crippen LogP) is 5.12. The number of urea groups is 1. The van der Waals surface area contributed by atoms with Crippen LogP contribution >= 0.6 is 11.6 Å². The summed E-state index contributed by atoms with van der Waals surface area (Å²) in [6.45, 7) is 1.72. The van der Waals surface area contributed by atoms with Gasteiger partial charge < -0.3 is 9.84 Å². The number of aromatic nitrogens is 1. The van der Waals surface area contributed by atoms with Crippen molar-refractivity contribution in [2.24, 2.45) is 0 Å². The zero-order valence-corrected chi connectivity index (χ0v) is 17.4. The van der Waals surface area contributed by atoms with Crippen LogP contribution in [0.4, 0.5) is 4.79 Å². The summed E-state index contributed by atoms with van der Waals surface area (Å²) in [4.78, 5) is 27.3. The Morgan fingerprint density at radius 1 is 1.03 bits per heavy atom. The van der Waals surface area contributed by atoms with E-state index in [0.29, 0.717) is 16.5 Å². The first-order valence-electron chi connectivity index (χ1n) is 9.79. The third kappa shape index (κ3) is 3.25. The lowest BCUT2D eigenvalue weighted by molar-refractivity contribution is -0.131. The number of imide groups is 1. The SMILES string of the molecule is CC1(c2cccc3ccccc23)NC(=O)N(Cc2cc(-c3ccc(Cl)cc3)no2)C1=O. The zero-order valence-electron chi connectivity index (χ0n) is 16.6. The minimum absolute atomic E-state index is 0.00832. The van der Waals surface area contributed by atoms with E-state index in [1.54, 1.807) is 25.1 Å². The number of nitrogens with one attached hydrogen (secondary N) is 1. The van der Waals surface area contributed by atoms with Gasteiger partial charge in [0.25, 0.3) is 5.91 Å². The molecular formula is C24H18ClN3O3. The molecule has 1 aliphatic heterocycles. The van der Waals surface area contributed by atoms with E-state index in [9.17, 15) is 9.59 Å². The molecule has 0 spiro atoms. The van der Waals surface area contributed by atoms with Gasteiger partial charge in [-0.05, 0) is 35.4 Å². The molecule has 1 atom stereocenters. The molecule has 1 aromatic heterocycles. The van der Waals surface area contributed by atoms with Crippen LogP contribution in [-0.2, 0) is 16.9 Å². The fourth-order valence-electron chi connectivity index (χ4n) is 3.98. The van der Waals surface area contributed by atoms with Crippen molar-refractivity contribution in [3.63, 3.8) is 0 Å². The number of nitrogens with zero attached hydrogens (tertiary/aromatic N) is 2. The molecule has 3 amide bonds. The van der Waals surface area contributed by atoms with Gasteiger partial charge in [-0.15, -0.1) is 0 Å². The van der Waals surface area contributed by atoms with E-state index in [1.165, 1.54) is 0 Å². The van der Waals surface area contributed by atoms with Crippen LogP contribution in [0.5, 0.6) is 0 Å². The Morgan fingerprint density at radius 2 is 1.77 bits per heavy atom. The Hall–Kier alpha value is -3.64.